The minimum atomic E-state index is -1.52. The Hall–Kier alpha value is -4.53. The molecule has 3 aromatic heterocycles. The predicted octanol–water partition coefficient (Wildman–Crippen LogP) is 6.57. The number of aromatic nitrogens is 3. The number of fused-ring (bicyclic) bond motifs is 1. The lowest BCUT2D eigenvalue weighted by atomic mass is 10.0. The van der Waals surface area contributed by atoms with E-state index in [4.69, 9.17) is 28.2 Å². The van der Waals surface area contributed by atoms with Crippen LogP contribution in [0.5, 0.6) is 5.75 Å². The average Bonchev–Trinajstić information content (AvgIpc) is 3.02. The summed E-state index contributed by atoms with van der Waals surface area (Å²) in [7, 11) is 0. The Labute approximate surface area is 273 Å². The minimum absolute atomic E-state index is 0.0494. The maximum atomic E-state index is 14.8. The number of aryl methyl sites for hydroxylation is 1. The van der Waals surface area contributed by atoms with Gasteiger partial charge < -0.3 is 14.9 Å². The zero-order chi connectivity index (χ0) is 33.8. The predicted molar refractivity (Wildman–Crippen MR) is 174 cm³/mol. The summed E-state index contributed by atoms with van der Waals surface area (Å²) in [6.07, 6.45) is 2.86. The van der Waals surface area contributed by atoms with E-state index in [0.29, 0.717) is 28.9 Å². The monoisotopic (exact) mass is 666 g/mol. The fraction of sp³-hybridized carbons (Fsp3) is 0.303. The van der Waals surface area contributed by atoms with Crippen molar-refractivity contribution < 1.29 is 18.7 Å². The number of carbonyl (C=O) groups is 1. The van der Waals surface area contributed by atoms with E-state index >= 15 is 0 Å². The zero-order valence-corrected chi connectivity index (χ0v) is 27.3. The molecule has 0 bridgehead atoms. The molecule has 238 valence electrons. The number of nitriles is 1. The van der Waals surface area contributed by atoms with Crippen molar-refractivity contribution in [3.63, 3.8) is 0 Å². The number of aromatic hydroxyl groups is 1. The Kier molecular flexibility index (Phi) is 8.81. The minimum Gasteiger partial charge on any atom is -0.505 e. The number of halogens is 4. The Morgan fingerprint density at radius 1 is 1.22 bits per heavy atom. The van der Waals surface area contributed by atoms with Crippen LogP contribution in [0, 0.1) is 36.8 Å². The van der Waals surface area contributed by atoms with Crippen LogP contribution in [0.1, 0.15) is 49.1 Å². The van der Waals surface area contributed by atoms with Crippen LogP contribution < -0.4 is 10.5 Å². The zero-order valence-electron chi connectivity index (χ0n) is 25.8. The van der Waals surface area contributed by atoms with Crippen LogP contribution >= 0.6 is 23.2 Å². The molecule has 1 amide bonds. The smallest absolute Gasteiger partial charge is 0.276 e. The third-order valence-electron chi connectivity index (χ3n) is 8.29. The highest BCUT2D eigenvalue weighted by atomic mass is 35.5. The van der Waals surface area contributed by atoms with Gasteiger partial charge in [-0.2, -0.15) is 9.65 Å². The van der Waals surface area contributed by atoms with Gasteiger partial charge in [-0.05, 0) is 50.5 Å². The molecule has 0 aliphatic carbocycles. The van der Waals surface area contributed by atoms with Crippen LogP contribution in [-0.2, 0) is 4.79 Å². The molecule has 1 saturated heterocycles. The van der Waals surface area contributed by atoms with Crippen LogP contribution in [0.25, 0.3) is 28.0 Å². The van der Waals surface area contributed by atoms with E-state index < -0.39 is 28.0 Å². The quantitative estimate of drug-likeness (QED) is 0.189. The molecule has 13 heteroatoms. The molecule has 9 nitrogen and oxygen atoms in total. The SMILES string of the molecule is C=CC(=O)N1CCN(c2c(C#N)c(=O)n(-c3c(C)ccnc3C(C)C)c3nc(-c4c(C)c(O)c(F)c(F)c4Cl)c(Cl)cc23)C[C@H]1C. The second kappa shape index (κ2) is 12.3. The second-order valence-electron chi connectivity index (χ2n) is 11.5. The first-order chi connectivity index (χ1) is 21.7. The molecule has 1 aliphatic rings. The van der Waals surface area contributed by atoms with E-state index in [2.05, 4.69) is 17.6 Å². The van der Waals surface area contributed by atoms with Crippen molar-refractivity contribution in [2.24, 2.45) is 0 Å². The lowest BCUT2D eigenvalue weighted by Crippen LogP contribution is -2.54. The fourth-order valence-corrected chi connectivity index (χ4v) is 6.57. The summed E-state index contributed by atoms with van der Waals surface area (Å²) in [6, 6.07) is 5.00. The van der Waals surface area contributed by atoms with E-state index in [-0.39, 0.29) is 69.7 Å². The number of piperazine rings is 1. The molecule has 1 N–H and O–H groups in total. The highest BCUT2D eigenvalue weighted by Gasteiger charge is 2.33. The van der Waals surface area contributed by atoms with Gasteiger partial charge >= 0.3 is 0 Å². The summed E-state index contributed by atoms with van der Waals surface area (Å²) in [5.41, 5.74) is 0.701. The van der Waals surface area contributed by atoms with Crippen LogP contribution in [0.15, 0.2) is 35.8 Å². The van der Waals surface area contributed by atoms with Crippen molar-refractivity contribution in [2.45, 2.75) is 46.6 Å². The molecule has 0 spiro atoms. The first kappa shape index (κ1) is 32.9. The molecule has 46 heavy (non-hydrogen) atoms. The molecule has 1 aliphatic heterocycles. The number of amides is 1. The Balaban J connectivity index is 1.94. The number of benzene rings is 1. The van der Waals surface area contributed by atoms with Gasteiger partial charge in [-0.15, -0.1) is 0 Å². The molecular weight excluding hydrogens is 637 g/mol. The van der Waals surface area contributed by atoms with Crippen molar-refractivity contribution in [1.29, 1.82) is 5.26 Å². The Morgan fingerprint density at radius 3 is 2.52 bits per heavy atom. The van der Waals surface area contributed by atoms with Gasteiger partial charge in [0, 0.05) is 48.4 Å². The number of phenolic OH excluding ortho intramolecular Hbond substituents is 1. The Bertz CT molecular complexity index is 2030. The van der Waals surface area contributed by atoms with Gasteiger partial charge in [0.05, 0.1) is 32.8 Å². The lowest BCUT2D eigenvalue weighted by molar-refractivity contribution is -0.128. The van der Waals surface area contributed by atoms with Gasteiger partial charge in [-0.1, -0.05) is 43.6 Å². The summed E-state index contributed by atoms with van der Waals surface area (Å²) < 4.78 is 30.5. The summed E-state index contributed by atoms with van der Waals surface area (Å²) in [4.78, 5) is 39.7. The molecule has 4 aromatic rings. The summed E-state index contributed by atoms with van der Waals surface area (Å²) >= 11 is 13.1. The lowest BCUT2D eigenvalue weighted by Gasteiger charge is -2.41. The average molecular weight is 668 g/mol. The van der Waals surface area contributed by atoms with Crippen molar-refractivity contribution in [2.75, 3.05) is 24.5 Å². The van der Waals surface area contributed by atoms with Gasteiger partial charge in [0.2, 0.25) is 11.7 Å². The molecule has 0 unspecified atom stereocenters. The second-order valence-corrected chi connectivity index (χ2v) is 12.3. The number of pyridine rings is 3. The molecular formula is C33H30Cl2F2N6O3. The summed E-state index contributed by atoms with van der Waals surface area (Å²) in [5, 5.41) is 20.4. The van der Waals surface area contributed by atoms with E-state index in [1.165, 1.54) is 23.6 Å². The first-order valence-corrected chi connectivity index (χ1v) is 15.2. The van der Waals surface area contributed by atoms with Crippen molar-refractivity contribution in [3.8, 4) is 28.8 Å². The van der Waals surface area contributed by atoms with Crippen LogP contribution in [0.3, 0.4) is 0 Å². The highest BCUT2D eigenvalue weighted by Crippen LogP contribution is 2.44. The number of nitrogens with zero attached hydrogens (tertiary/aromatic N) is 6. The van der Waals surface area contributed by atoms with Gasteiger partial charge in [0.15, 0.2) is 11.6 Å². The van der Waals surface area contributed by atoms with Gasteiger partial charge in [-0.25, -0.2) is 9.37 Å². The number of anilines is 1. The van der Waals surface area contributed by atoms with Gasteiger partial charge in [0.1, 0.15) is 17.3 Å². The van der Waals surface area contributed by atoms with Crippen LogP contribution in [-0.4, -0.2) is 56.1 Å². The van der Waals surface area contributed by atoms with E-state index in [0.717, 1.165) is 0 Å². The standard InChI is InChI=1S/C33H30Cl2F2N6O3/c1-7-22(44)42-11-10-41(14-17(42)5)30-19-12-21(34)28(23-18(6)31(45)26(37)25(36)24(23)35)40-32(19)43(33(46)20(30)13-38)29-16(4)8-9-39-27(29)15(2)3/h7-9,12,15,17,45H,1,10-11,14H2,2-6H3/t17-/m1/s1. The van der Waals surface area contributed by atoms with Gasteiger partial charge in [-0.3, -0.25) is 19.1 Å². The first-order valence-electron chi connectivity index (χ1n) is 14.4. The van der Waals surface area contributed by atoms with Crippen molar-refractivity contribution in [3.05, 3.63) is 85.4 Å². The number of hydrogen-bond acceptors (Lipinski definition) is 7. The number of phenols is 1. The van der Waals surface area contributed by atoms with Crippen molar-refractivity contribution in [1.82, 2.24) is 19.4 Å². The number of hydrogen-bond donors (Lipinski definition) is 1. The van der Waals surface area contributed by atoms with E-state index in [1.807, 2.05) is 25.7 Å². The van der Waals surface area contributed by atoms with E-state index in [9.17, 15) is 28.7 Å². The maximum Gasteiger partial charge on any atom is 0.276 e. The van der Waals surface area contributed by atoms with Crippen molar-refractivity contribution >= 4 is 45.8 Å². The number of rotatable bonds is 5. The van der Waals surface area contributed by atoms with E-state index in [1.54, 1.807) is 24.1 Å². The largest absolute Gasteiger partial charge is 0.505 e. The molecule has 0 saturated carbocycles. The summed E-state index contributed by atoms with van der Waals surface area (Å²) in [5.74, 6) is -4.35. The molecule has 1 fully saturated rings. The number of carbonyl (C=O) groups excluding carboxylic acids is 1. The molecule has 5 rings (SSSR count). The maximum absolute atomic E-state index is 14.8. The van der Waals surface area contributed by atoms with Crippen LogP contribution in [0.2, 0.25) is 10.0 Å². The molecule has 0 radical (unpaired) electrons. The third kappa shape index (κ3) is 5.15. The van der Waals surface area contributed by atoms with Gasteiger partial charge in [0.25, 0.3) is 5.56 Å². The normalized spacial score (nSPS) is 15.0. The fourth-order valence-electron chi connectivity index (χ4n) is 6.01. The molecule has 1 aromatic carbocycles. The topological polar surface area (TPSA) is 115 Å². The molecule has 1 atom stereocenters. The Morgan fingerprint density at radius 2 is 1.91 bits per heavy atom. The van der Waals surface area contributed by atoms with Crippen LogP contribution in [0.4, 0.5) is 14.5 Å². The third-order valence-corrected chi connectivity index (χ3v) is 8.94. The summed E-state index contributed by atoms with van der Waals surface area (Å²) in [6.45, 7) is 13.2. The molecule has 4 heterocycles. The highest BCUT2D eigenvalue weighted by molar-refractivity contribution is 6.37.